The van der Waals surface area contributed by atoms with E-state index in [0.29, 0.717) is 0 Å². The van der Waals surface area contributed by atoms with Gasteiger partial charge >= 0.3 is 0 Å². The maximum Gasteiger partial charge on any atom is -0.00166 e. The van der Waals surface area contributed by atoms with Gasteiger partial charge in [-0.2, -0.15) is 0 Å². The van der Waals surface area contributed by atoms with E-state index in [2.05, 4.69) is 48.6 Å². The zero-order chi connectivity index (χ0) is 10.1. The van der Waals surface area contributed by atoms with Crippen LogP contribution >= 0.6 is 0 Å². The van der Waals surface area contributed by atoms with Crippen LogP contribution in [0.1, 0.15) is 49.0 Å². The molecule has 0 atom stereocenters. The van der Waals surface area contributed by atoms with Gasteiger partial charge in [0.15, 0.2) is 0 Å². The van der Waals surface area contributed by atoms with E-state index in [1.165, 1.54) is 22.3 Å². The van der Waals surface area contributed by atoms with Crippen molar-refractivity contribution in [3.8, 4) is 0 Å². The second-order valence-electron chi connectivity index (χ2n) is 4.13. The molecule has 0 radical (unpaired) electrons. The van der Waals surface area contributed by atoms with Gasteiger partial charge in [-0.3, -0.25) is 0 Å². The molecule has 0 bridgehead atoms. The number of hydrogen-bond donors (Lipinski definition) is 0. The molecule has 3 aliphatic carbocycles. The Morgan fingerprint density at radius 2 is 1.53 bits per heavy atom. The molecule has 19 heavy (non-hydrogen) atoms. The summed E-state index contributed by atoms with van der Waals surface area (Å²) in [6.07, 6.45) is 21.3. The van der Waals surface area contributed by atoms with E-state index in [-0.39, 0.29) is 29.7 Å². The highest BCUT2D eigenvalue weighted by atomic mass is 14.2. The molecule has 0 saturated carbocycles. The van der Waals surface area contributed by atoms with Crippen LogP contribution in [-0.4, -0.2) is 0 Å². The molecule has 3 rings (SSSR count). The lowest BCUT2D eigenvalue weighted by atomic mass is 10.0. The fourth-order valence-electron chi connectivity index (χ4n) is 2.39. The molecule has 0 saturated heterocycles. The van der Waals surface area contributed by atoms with E-state index in [4.69, 9.17) is 0 Å². The minimum atomic E-state index is 0. The van der Waals surface area contributed by atoms with Crippen LogP contribution < -0.4 is 0 Å². The summed E-state index contributed by atoms with van der Waals surface area (Å²) in [7, 11) is 0. The standard InChI is InChI=1S/C15H14.4CH4/c1-3-7-12-11-13-8-4-2-6-10-15(13)14(12)9-5-1;;;;/h1,4-10H,2-3,11H2;4*1H4. The lowest BCUT2D eigenvalue weighted by Crippen LogP contribution is -1.82. The van der Waals surface area contributed by atoms with Crippen molar-refractivity contribution >= 4 is 0 Å². The van der Waals surface area contributed by atoms with Gasteiger partial charge in [0.2, 0.25) is 0 Å². The highest BCUT2D eigenvalue weighted by Crippen LogP contribution is 2.39. The van der Waals surface area contributed by atoms with Crippen LogP contribution in [0.5, 0.6) is 0 Å². The topological polar surface area (TPSA) is 0 Å². The zero-order valence-electron chi connectivity index (χ0n) is 8.74. The first-order chi connectivity index (χ1) is 7.45. The van der Waals surface area contributed by atoms with Gasteiger partial charge in [0.25, 0.3) is 0 Å². The molecular formula is C19H30. The normalized spacial score (nSPS) is 18.1. The van der Waals surface area contributed by atoms with Crippen LogP contribution in [0.3, 0.4) is 0 Å². The summed E-state index contributed by atoms with van der Waals surface area (Å²) < 4.78 is 0. The van der Waals surface area contributed by atoms with E-state index in [0.717, 1.165) is 19.3 Å². The molecule has 0 fully saturated rings. The minimum absolute atomic E-state index is 0. The third kappa shape index (κ3) is 3.70. The summed E-state index contributed by atoms with van der Waals surface area (Å²) in [4.78, 5) is 0. The van der Waals surface area contributed by atoms with Gasteiger partial charge in [-0.1, -0.05) is 78.3 Å². The first-order valence-corrected chi connectivity index (χ1v) is 5.58. The van der Waals surface area contributed by atoms with Crippen molar-refractivity contribution in [3.05, 3.63) is 70.9 Å². The molecule has 0 aliphatic heterocycles. The monoisotopic (exact) mass is 258 g/mol. The number of rotatable bonds is 0. The highest BCUT2D eigenvalue weighted by molar-refractivity contribution is 5.65. The average molecular weight is 258 g/mol. The predicted octanol–water partition coefficient (Wildman–Crippen LogP) is 6.56. The second-order valence-corrected chi connectivity index (χ2v) is 4.13. The smallest absolute Gasteiger partial charge is 0.00166 e. The van der Waals surface area contributed by atoms with Crippen molar-refractivity contribution in [1.82, 2.24) is 0 Å². The van der Waals surface area contributed by atoms with E-state index < -0.39 is 0 Å². The van der Waals surface area contributed by atoms with Crippen LogP contribution in [-0.2, 0) is 0 Å². The molecule has 0 aromatic rings. The van der Waals surface area contributed by atoms with Crippen molar-refractivity contribution in [3.63, 3.8) is 0 Å². The molecule has 0 spiro atoms. The number of allylic oxidation sites excluding steroid dienone is 12. The van der Waals surface area contributed by atoms with Crippen LogP contribution in [0.25, 0.3) is 0 Å². The van der Waals surface area contributed by atoms with Crippen molar-refractivity contribution < 1.29 is 0 Å². The fraction of sp³-hybridized carbons (Fsp3) is 0.368. The zero-order valence-corrected chi connectivity index (χ0v) is 8.74. The Morgan fingerprint density at radius 3 is 2.32 bits per heavy atom. The Hall–Kier alpha value is -1.56. The summed E-state index contributed by atoms with van der Waals surface area (Å²) in [6, 6.07) is 0. The summed E-state index contributed by atoms with van der Waals surface area (Å²) >= 11 is 0. The second kappa shape index (κ2) is 8.53. The average Bonchev–Trinajstić information content (AvgIpc) is 2.51. The van der Waals surface area contributed by atoms with Gasteiger partial charge in [-0.25, -0.2) is 0 Å². The van der Waals surface area contributed by atoms with Gasteiger partial charge in [0, 0.05) is 0 Å². The van der Waals surface area contributed by atoms with E-state index in [1.54, 1.807) is 0 Å². The molecule has 0 aromatic carbocycles. The molecule has 0 N–H and O–H groups in total. The van der Waals surface area contributed by atoms with Crippen LogP contribution in [0, 0.1) is 0 Å². The lowest BCUT2D eigenvalue weighted by Gasteiger charge is -2.01. The molecule has 0 nitrogen and oxygen atoms in total. The fourth-order valence-corrected chi connectivity index (χ4v) is 2.39. The van der Waals surface area contributed by atoms with Crippen LogP contribution in [0.2, 0.25) is 0 Å². The molecule has 0 heterocycles. The van der Waals surface area contributed by atoms with Gasteiger partial charge in [0.05, 0.1) is 0 Å². The maximum absolute atomic E-state index is 2.35. The summed E-state index contributed by atoms with van der Waals surface area (Å²) in [6.45, 7) is 0. The van der Waals surface area contributed by atoms with Crippen molar-refractivity contribution in [2.75, 3.05) is 0 Å². The minimum Gasteiger partial charge on any atom is -0.0807 e. The van der Waals surface area contributed by atoms with Gasteiger partial charge in [-0.15, -0.1) is 0 Å². The van der Waals surface area contributed by atoms with Gasteiger partial charge < -0.3 is 0 Å². The largest absolute Gasteiger partial charge is 0.0807 e. The van der Waals surface area contributed by atoms with Crippen molar-refractivity contribution in [2.24, 2.45) is 0 Å². The summed E-state index contributed by atoms with van der Waals surface area (Å²) in [5, 5.41) is 0. The number of hydrogen-bond acceptors (Lipinski definition) is 0. The lowest BCUT2D eigenvalue weighted by molar-refractivity contribution is 1.21. The van der Waals surface area contributed by atoms with Crippen molar-refractivity contribution in [2.45, 2.75) is 49.0 Å². The first kappa shape index (κ1) is 19.8. The number of fused-ring (bicyclic) bond motifs is 2. The van der Waals surface area contributed by atoms with E-state index in [1.807, 2.05) is 0 Å². The molecule has 0 unspecified atom stereocenters. The quantitative estimate of drug-likeness (QED) is 0.461. The molecule has 106 valence electrons. The molecular weight excluding hydrogens is 228 g/mol. The highest BCUT2D eigenvalue weighted by Gasteiger charge is 2.21. The Balaban J connectivity index is 0. The van der Waals surface area contributed by atoms with Gasteiger partial charge in [0.1, 0.15) is 0 Å². The van der Waals surface area contributed by atoms with Crippen LogP contribution in [0.4, 0.5) is 0 Å². The van der Waals surface area contributed by atoms with E-state index >= 15 is 0 Å². The third-order valence-corrected chi connectivity index (χ3v) is 3.14. The molecule has 3 aliphatic rings. The Labute approximate surface area is 120 Å². The molecule has 0 aromatic heterocycles. The molecule has 0 amide bonds. The SMILES string of the molecule is C.C.C.C.C1=CCC=C2CC3=C(C=CCC=C3)C2=C1. The summed E-state index contributed by atoms with van der Waals surface area (Å²) in [5.74, 6) is 0. The van der Waals surface area contributed by atoms with E-state index in [9.17, 15) is 0 Å². The predicted molar refractivity (Wildman–Crippen MR) is 91.4 cm³/mol. The maximum atomic E-state index is 2.35. The Bertz CT molecular complexity index is 462. The van der Waals surface area contributed by atoms with Crippen LogP contribution in [0.15, 0.2) is 70.9 Å². The Morgan fingerprint density at radius 1 is 0.789 bits per heavy atom. The molecule has 0 heteroatoms. The van der Waals surface area contributed by atoms with Gasteiger partial charge in [-0.05, 0) is 41.6 Å². The summed E-state index contributed by atoms with van der Waals surface area (Å²) in [5.41, 5.74) is 5.85. The van der Waals surface area contributed by atoms with Crippen molar-refractivity contribution in [1.29, 1.82) is 0 Å². The third-order valence-electron chi connectivity index (χ3n) is 3.14. The first-order valence-electron chi connectivity index (χ1n) is 5.58. The Kier molecular flexibility index (Phi) is 8.87.